The maximum absolute atomic E-state index is 12.9. The van der Waals surface area contributed by atoms with Crippen molar-refractivity contribution < 1.29 is 27.5 Å². The van der Waals surface area contributed by atoms with Crippen LogP contribution in [0.15, 0.2) is 29.2 Å². The number of carboxylic acid groups (broad SMARTS) is 1. The van der Waals surface area contributed by atoms with Crippen molar-refractivity contribution in [1.82, 2.24) is 9.21 Å². The number of piperazine rings is 1. The molecule has 1 aliphatic carbocycles. The lowest BCUT2D eigenvalue weighted by Gasteiger charge is -2.35. The van der Waals surface area contributed by atoms with Gasteiger partial charge in [0.25, 0.3) is 0 Å². The summed E-state index contributed by atoms with van der Waals surface area (Å²) in [4.78, 5) is 25.0. The summed E-state index contributed by atoms with van der Waals surface area (Å²) in [6.45, 7) is 0.463. The van der Waals surface area contributed by atoms with Gasteiger partial charge in [0.2, 0.25) is 15.9 Å². The fraction of sp³-hybridized carbons (Fsp3) is 0.467. The number of aliphatic carboxylic acids is 1. The van der Waals surface area contributed by atoms with Gasteiger partial charge in [-0.1, -0.05) is 0 Å². The van der Waals surface area contributed by atoms with Crippen molar-refractivity contribution in [3.8, 4) is 0 Å². The lowest BCUT2D eigenvalue weighted by atomic mass is 10.1. The van der Waals surface area contributed by atoms with Crippen molar-refractivity contribution >= 4 is 21.9 Å². The molecule has 2 aliphatic rings. The van der Waals surface area contributed by atoms with Gasteiger partial charge in [0.15, 0.2) is 0 Å². The maximum Gasteiger partial charge on any atom is 0.319 e. The molecule has 1 saturated heterocycles. The zero-order chi connectivity index (χ0) is 17.5. The largest absolute Gasteiger partial charge is 0.480 e. The van der Waals surface area contributed by atoms with Gasteiger partial charge in [-0.3, -0.25) is 9.59 Å². The van der Waals surface area contributed by atoms with Crippen molar-refractivity contribution in [2.24, 2.45) is 5.41 Å². The minimum Gasteiger partial charge on any atom is -0.480 e. The molecular formula is C15H17FN2O5S. The fourth-order valence-electron chi connectivity index (χ4n) is 2.83. The van der Waals surface area contributed by atoms with E-state index in [1.54, 1.807) is 0 Å². The first-order valence-electron chi connectivity index (χ1n) is 7.56. The van der Waals surface area contributed by atoms with Crippen LogP contribution in [0, 0.1) is 11.2 Å². The van der Waals surface area contributed by atoms with Crippen LogP contribution in [-0.2, 0) is 19.6 Å². The number of hydrogen-bond acceptors (Lipinski definition) is 4. The van der Waals surface area contributed by atoms with Gasteiger partial charge in [0.05, 0.1) is 4.90 Å². The first-order chi connectivity index (χ1) is 11.3. The van der Waals surface area contributed by atoms with Crippen LogP contribution in [0.3, 0.4) is 0 Å². The van der Waals surface area contributed by atoms with Gasteiger partial charge >= 0.3 is 5.97 Å². The molecule has 3 rings (SSSR count). The highest BCUT2D eigenvalue weighted by molar-refractivity contribution is 7.89. The topological polar surface area (TPSA) is 95.0 Å². The highest BCUT2D eigenvalue weighted by Crippen LogP contribution is 2.47. The van der Waals surface area contributed by atoms with Gasteiger partial charge in [-0.05, 0) is 37.1 Å². The van der Waals surface area contributed by atoms with Crippen LogP contribution >= 0.6 is 0 Å². The van der Waals surface area contributed by atoms with E-state index in [-0.39, 0.29) is 31.1 Å². The van der Waals surface area contributed by atoms with Crippen LogP contribution in [0.1, 0.15) is 12.8 Å². The molecule has 130 valence electrons. The number of rotatable bonds is 4. The Hall–Kier alpha value is -2.00. The molecule has 0 bridgehead atoms. The predicted molar refractivity (Wildman–Crippen MR) is 81.0 cm³/mol. The van der Waals surface area contributed by atoms with E-state index in [1.165, 1.54) is 21.3 Å². The molecule has 1 N–H and O–H groups in total. The molecule has 0 spiro atoms. The van der Waals surface area contributed by atoms with E-state index < -0.39 is 33.1 Å². The molecule has 1 amide bonds. The van der Waals surface area contributed by atoms with E-state index in [9.17, 15) is 27.5 Å². The summed E-state index contributed by atoms with van der Waals surface area (Å²) < 4.78 is 39.2. The highest BCUT2D eigenvalue weighted by Gasteiger charge is 2.58. The highest BCUT2D eigenvalue weighted by atomic mass is 32.2. The average Bonchev–Trinajstić information content (AvgIpc) is 3.36. The standard InChI is InChI=1S/C15H17FN2O5S/c16-11-1-3-12(4-2-11)24(22,23)18-9-7-17(8-10-18)13(19)15(5-6-15)14(20)21/h1-4H,5-10H2,(H,20,21). The van der Waals surface area contributed by atoms with E-state index in [0.717, 1.165) is 12.1 Å². The molecule has 1 saturated carbocycles. The van der Waals surface area contributed by atoms with Gasteiger partial charge in [0.1, 0.15) is 11.2 Å². The first-order valence-corrected chi connectivity index (χ1v) is 9.00. The van der Waals surface area contributed by atoms with Crippen molar-refractivity contribution in [2.75, 3.05) is 26.2 Å². The first kappa shape index (κ1) is 16.8. The Morgan fingerprint density at radius 1 is 1.04 bits per heavy atom. The molecule has 0 radical (unpaired) electrons. The lowest BCUT2D eigenvalue weighted by Crippen LogP contribution is -2.53. The maximum atomic E-state index is 12.9. The monoisotopic (exact) mass is 356 g/mol. The van der Waals surface area contributed by atoms with Gasteiger partial charge in [-0.25, -0.2) is 12.8 Å². The summed E-state index contributed by atoms with van der Waals surface area (Å²) in [5.41, 5.74) is -1.31. The number of halogens is 1. The second-order valence-corrected chi connectivity index (χ2v) is 7.98. The molecule has 1 aromatic rings. The Balaban J connectivity index is 1.68. The van der Waals surface area contributed by atoms with E-state index in [4.69, 9.17) is 0 Å². The molecular weight excluding hydrogens is 339 g/mol. The van der Waals surface area contributed by atoms with Crippen LogP contribution in [0.5, 0.6) is 0 Å². The number of amides is 1. The number of carbonyl (C=O) groups excluding carboxylic acids is 1. The second kappa shape index (κ2) is 5.82. The number of carboxylic acids is 1. The summed E-state index contributed by atoms with van der Waals surface area (Å²) >= 11 is 0. The third kappa shape index (κ3) is 2.78. The van der Waals surface area contributed by atoms with Crippen molar-refractivity contribution in [2.45, 2.75) is 17.7 Å². The summed E-state index contributed by atoms with van der Waals surface area (Å²) in [5.74, 6) is -2.07. The smallest absolute Gasteiger partial charge is 0.319 e. The number of nitrogens with zero attached hydrogens (tertiary/aromatic N) is 2. The van der Waals surface area contributed by atoms with Crippen molar-refractivity contribution in [1.29, 1.82) is 0 Å². The molecule has 1 aromatic carbocycles. The third-order valence-corrected chi connectivity index (χ3v) is 6.46. The molecule has 0 unspecified atom stereocenters. The van der Waals surface area contributed by atoms with E-state index in [2.05, 4.69) is 0 Å². The van der Waals surface area contributed by atoms with Gasteiger partial charge in [-0.2, -0.15) is 4.31 Å². The molecule has 2 fully saturated rings. The van der Waals surface area contributed by atoms with E-state index in [1.807, 2.05) is 0 Å². The molecule has 24 heavy (non-hydrogen) atoms. The van der Waals surface area contributed by atoms with Crippen LogP contribution < -0.4 is 0 Å². The Bertz CT molecular complexity index is 766. The quantitative estimate of drug-likeness (QED) is 0.794. The van der Waals surface area contributed by atoms with Crippen molar-refractivity contribution in [3.63, 3.8) is 0 Å². The lowest BCUT2D eigenvalue weighted by molar-refractivity contribution is -0.154. The molecule has 1 aliphatic heterocycles. The molecule has 7 nitrogen and oxygen atoms in total. The van der Waals surface area contributed by atoms with Crippen LogP contribution in [0.2, 0.25) is 0 Å². The van der Waals surface area contributed by atoms with Crippen LogP contribution in [0.4, 0.5) is 4.39 Å². The normalized spacial score (nSPS) is 20.6. The fourth-order valence-corrected chi connectivity index (χ4v) is 4.26. The second-order valence-electron chi connectivity index (χ2n) is 6.04. The number of benzene rings is 1. The SMILES string of the molecule is O=C(O)C1(C(=O)N2CCN(S(=O)(=O)c3ccc(F)cc3)CC2)CC1. The number of sulfonamides is 1. The Morgan fingerprint density at radius 3 is 2.04 bits per heavy atom. The summed E-state index contributed by atoms with van der Waals surface area (Å²) in [6, 6.07) is 4.56. The molecule has 0 atom stereocenters. The molecule has 0 aromatic heterocycles. The summed E-state index contributed by atoms with van der Waals surface area (Å²) in [5, 5.41) is 9.17. The molecule has 1 heterocycles. The van der Waals surface area contributed by atoms with Gasteiger partial charge < -0.3 is 10.0 Å². The van der Waals surface area contributed by atoms with E-state index >= 15 is 0 Å². The third-order valence-electron chi connectivity index (χ3n) is 4.55. The van der Waals surface area contributed by atoms with E-state index in [0.29, 0.717) is 12.8 Å². The van der Waals surface area contributed by atoms with Gasteiger partial charge in [-0.15, -0.1) is 0 Å². The summed E-state index contributed by atoms with van der Waals surface area (Å²) in [7, 11) is -3.75. The molecule has 9 heteroatoms. The number of hydrogen-bond donors (Lipinski definition) is 1. The minimum atomic E-state index is -3.75. The summed E-state index contributed by atoms with van der Waals surface area (Å²) in [6.07, 6.45) is 0.657. The minimum absolute atomic E-state index is 0.00660. The Kier molecular flexibility index (Phi) is 4.08. The zero-order valence-electron chi connectivity index (χ0n) is 12.8. The Morgan fingerprint density at radius 2 is 1.58 bits per heavy atom. The zero-order valence-corrected chi connectivity index (χ0v) is 13.6. The van der Waals surface area contributed by atoms with Gasteiger partial charge in [0, 0.05) is 26.2 Å². The van der Waals surface area contributed by atoms with Crippen molar-refractivity contribution in [3.05, 3.63) is 30.1 Å². The predicted octanol–water partition coefficient (Wildman–Crippen LogP) is 0.523. The average molecular weight is 356 g/mol. The Labute approximate surface area is 138 Å². The number of carbonyl (C=O) groups is 2. The van der Waals surface area contributed by atoms with Crippen LogP contribution in [-0.4, -0.2) is 60.8 Å². The van der Waals surface area contributed by atoms with Crippen LogP contribution in [0.25, 0.3) is 0 Å².